The summed E-state index contributed by atoms with van der Waals surface area (Å²) in [4.78, 5) is 14.2. The maximum absolute atomic E-state index is 11.8. The number of aromatic amines is 1. The maximum atomic E-state index is 11.8. The van der Waals surface area contributed by atoms with E-state index in [0.29, 0.717) is 5.92 Å². The number of nitrogens with zero attached hydrogens (tertiary/aromatic N) is 2. The van der Waals surface area contributed by atoms with Crippen molar-refractivity contribution in [3.05, 3.63) is 40.3 Å². The largest absolute Gasteiger partial charge is 0.306 e. The Bertz CT molecular complexity index is 635. The molecule has 1 aromatic carbocycles. The normalized spacial score (nSPS) is 21.4. The fourth-order valence-corrected chi connectivity index (χ4v) is 2.96. The van der Waals surface area contributed by atoms with Crippen LogP contribution in [0.2, 0.25) is 0 Å². The maximum Gasteiger partial charge on any atom is 0.272 e. The molecular formula is C15H19N3O. The number of hydrogen-bond donors (Lipinski definition) is 1. The third kappa shape index (κ3) is 2.40. The molecule has 1 atom stereocenters. The second-order valence-corrected chi connectivity index (χ2v) is 5.41. The lowest BCUT2D eigenvalue weighted by Gasteiger charge is -2.15. The first-order valence-corrected chi connectivity index (χ1v) is 6.91. The molecule has 1 aliphatic heterocycles. The van der Waals surface area contributed by atoms with Crippen molar-refractivity contribution >= 4 is 10.8 Å². The van der Waals surface area contributed by atoms with Gasteiger partial charge in [-0.15, -0.1) is 0 Å². The van der Waals surface area contributed by atoms with E-state index < -0.39 is 0 Å². The Morgan fingerprint density at radius 3 is 2.84 bits per heavy atom. The predicted octanol–water partition coefficient (Wildman–Crippen LogP) is 2.12. The number of H-pyrrole nitrogens is 1. The van der Waals surface area contributed by atoms with Gasteiger partial charge in [-0.1, -0.05) is 18.2 Å². The molecule has 1 N–H and O–H groups in total. The topological polar surface area (TPSA) is 49.0 Å². The van der Waals surface area contributed by atoms with Crippen LogP contribution in [0.3, 0.4) is 0 Å². The van der Waals surface area contributed by atoms with Gasteiger partial charge in [-0.25, -0.2) is 5.10 Å². The smallest absolute Gasteiger partial charge is 0.272 e. The molecule has 1 aliphatic rings. The molecule has 2 aromatic rings. The number of rotatable bonds is 1. The van der Waals surface area contributed by atoms with E-state index in [0.717, 1.165) is 42.4 Å². The van der Waals surface area contributed by atoms with Crippen molar-refractivity contribution in [3.63, 3.8) is 0 Å². The second kappa shape index (κ2) is 5.13. The minimum atomic E-state index is -0.0925. The lowest BCUT2D eigenvalue weighted by atomic mass is 9.93. The number of fused-ring (bicyclic) bond motifs is 1. The molecule has 0 saturated carbocycles. The van der Waals surface area contributed by atoms with Crippen LogP contribution in [0.25, 0.3) is 10.8 Å². The summed E-state index contributed by atoms with van der Waals surface area (Å²) in [6, 6.07) is 7.78. The van der Waals surface area contributed by atoms with Crippen molar-refractivity contribution in [1.82, 2.24) is 15.1 Å². The number of likely N-dealkylation sites (tertiary alicyclic amines) is 1. The number of nitrogens with one attached hydrogen (secondary N) is 1. The Morgan fingerprint density at radius 2 is 2.00 bits per heavy atom. The molecular weight excluding hydrogens is 238 g/mol. The third-order valence-electron chi connectivity index (χ3n) is 4.06. The summed E-state index contributed by atoms with van der Waals surface area (Å²) < 4.78 is 0. The van der Waals surface area contributed by atoms with Crippen molar-refractivity contribution in [3.8, 4) is 0 Å². The fourth-order valence-electron chi connectivity index (χ4n) is 2.96. The zero-order valence-corrected chi connectivity index (χ0v) is 11.2. The highest BCUT2D eigenvalue weighted by Gasteiger charge is 2.20. The van der Waals surface area contributed by atoms with E-state index in [1.165, 1.54) is 6.42 Å². The van der Waals surface area contributed by atoms with E-state index >= 15 is 0 Å². The zero-order valence-electron chi connectivity index (χ0n) is 11.2. The molecule has 0 radical (unpaired) electrons. The molecule has 1 aromatic heterocycles. The van der Waals surface area contributed by atoms with Crippen LogP contribution >= 0.6 is 0 Å². The molecule has 0 aliphatic carbocycles. The number of hydrogen-bond acceptors (Lipinski definition) is 3. The second-order valence-electron chi connectivity index (χ2n) is 5.41. The van der Waals surface area contributed by atoms with E-state index in [1.54, 1.807) is 0 Å². The standard InChI is InChI=1S/C15H19N3O/c1-18-9-4-5-11(8-10-18)14-12-6-2-3-7-13(12)15(19)17-16-14/h2-3,6-7,11H,4-5,8-10H2,1H3,(H,17,19). The van der Waals surface area contributed by atoms with Crippen LogP contribution in [-0.2, 0) is 0 Å². The van der Waals surface area contributed by atoms with Gasteiger partial charge in [0, 0.05) is 11.3 Å². The lowest BCUT2D eigenvalue weighted by Crippen LogP contribution is -2.19. The molecule has 19 heavy (non-hydrogen) atoms. The van der Waals surface area contributed by atoms with Gasteiger partial charge in [-0.2, -0.15) is 5.10 Å². The summed E-state index contributed by atoms with van der Waals surface area (Å²) in [6.07, 6.45) is 3.45. The quantitative estimate of drug-likeness (QED) is 0.851. The van der Waals surface area contributed by atoms with Gasteiger partial charge in [0.15, 0.2) is 0 Å². The predicted molar refractivity (Wildman–Crippen MR) is 76.5 cm³/mol. The van der Waals surface area contributed by atoms with Gasteiger partial charge in [-0.05, 0) is 45.5 Å². The number of benzene rings is 1. The van der Waals surface area contributed by atoms with Gasteiger partial charge in [0.25, 0.3) is 5.56 Å². The van der Waals surface area contributed by atoms with E-state index in [1.807, 2.05) is 24.3 Å². The van der Waals surface area contributed by atoms with Gasteiger partial charge in [-0.3, -0.25) is 4.79 Å². The first-order chi connectivity index (χ1) is 9.25. The van der Waals surface area contributed by atoms with Crippen LogP contribution in [0.5, 0.6) is 0 Å². The van der Waals surface area contributed by atoms with Crippen LogP contribution in [0.1, 0.15) is 30.9 Å². The van der Waals surface area contributed by atoms with Gasteiger partial charge in [0.05, 0.1) is 11.1 Å². The van der Waals surface area contributed by atoms with Gasteiger partial charge < -0.3 is 4.90 Å². The minimum absolute atomic E-state index is 0.0925. The van der Waals surface area contributed by atoms with Crippen LogP contribution in [0.15, 0.2) is 29.1 Å². The van der Waals surface area contributed by atoms with Crippen LogP contribution in [0.4, 0.5) is 0 Å². The highest BCUT2D eigenvalue weighted by atomic mass is 16.1. The molecule has 4 heteroatoms. The molecule has 1 unspecified atom stereocenters. The molecule has 0 amide bonds. The number of aromatic nitrogens is 2. The van der Waals surface area contributed by atoms with Crippen LogP contribution in [0, 0.1) is 0 Å². The van der Waals surface area contributed by atoms with Crippen molar-refractivity contribution in [2.45, 2.75) is 25.2 Å². The summed E-state index contributed by atoms with van der Waals surface area (Å²) >= 11 is 0. The molecule has 100 valence electrons. The van der Waals surface area contributed by atoms with Crippen molar-refractivity contribution in [1.29, 1.82) is 0 Å². The zero-order chi connectivity index (χ0) is 13.2. The van der Waals surface area contributed by atoms with Crippen LogP contribution in [-0.4, -0.2) is 35.2 Å². The summed E-state index contributed by atoms with van der Waals surface area (Å²) in [5.41, 5.74) is 0.968. The molecule has 4 nitrogen and oxygen atoms in total. The highest BCUT2D eigenvalue weighted by Crippen LogP contribution is 2.29. The summed E-state index contributed by atoms with van der Waals surface area (Å²) in [5.74, 6) is 0.451. The van der Waals surface area contributed by atoms with Gasteiger partial charge in [0.2, 0.25) is 0 Å². The van der Waals surface area contributed by atoms with E-state index in [9.17, 15) is 4.79 Å². The van der Waals surface area contributed by atoms with Crippen LogP contribution < -0.4 is 5.56 Å². The highest BCUT2D eigenvalue weighted by molar-refractivity contribution is 5.83. The monoisotopic (exact) mass is 257 g/mol. The van der Waals surface area contributed by atoms with E-state index in [2.05, 4.69) is 22.1 Å². The fraction of sp³-hybridized carbons (Fsp3) is 0.467. The molecule has 3 rings (SSSR count). The summed E-state index contributed by atoms with van der Waals surface area (Å²) in [5, 5.41) is 8.76. The Balaban J connectivity index is 2.05. The average Bonchev–Trinajstić information content (AvgIpc) is 2.65. The van der Waals surface area contributed by atoms with Gasteiger partial charge >= 0.3 is 0 Å². The molecule has 1 saturated heterocycles. The summed E-state index contributed by atoms with van der Waals surface area (Å²) in [7, 11) is 2.17. The Hall–Kier alpha value is -1.68. The average molecular weight is 257 g/mol. The minimum Gasteiger partial charge on any atom is -0.306 e. The van der Waals surface area contributed by atoms with E-state index in [4.69, 9.17) is 0 Å². The molecule has 1 fully saturated rings. The summed E-state index contributed by atoms with van der Waals surface area (Å²) in [6.45, 7) is 2.25. The Labute approximate surface area is 112 Å². The molecule has 2 heterocycles. The first kappa shape index (κ1) is 12.4. The van der Waals surface area contributed by atoms with Crippen molar-refractivity contribution in [2.75, 3.05) is 20.1 Å². The van der Waals surface area contributed by atoms with Gasteiger partial charge in [0.1, 0.15) is 0 Å². The van der Waals surface area contributed by atoms with Crippen molar-refractivity contribution in [2.24, 2.45) is 0 Å². The molecule has 0 spiro atoms. The SMILES string of the molecule is CN1CCCC(c2n[nH]c(=O)c3ccccc23)CC1. The Kier molecular flexibility index (Phi) is 3.34. The molecule has 0 bridgehead atoms. The lowest BCUT2D eigenvalue weighted by molar-refractivity contribution is 0.347. The first-order valence-electron chi connectivity index (χ1n) is 6.91. The third-order valence-corrected chi connectivity index (χ3v) is 4.06. The Morgan fingerprint density at radius 1 is 1.21 bits per heavy atom. The van der Waals surface area contributed by atoms with E-state index in [-0.39, 0.29) is 5.56 Å². The van der Waals surface area contributed by atoms with Crippen molar-refractivity contribution < 1.29 is 0 Å².